The summed E-state index contributed by atoms with van der Waals surface area (Å²) in [5, 5.41) is 20.4. The van der Waals surface area contributed by atoms with E-state index in [2.05, 4.69) is 0 Å². The molecule has 0 saturated carbocycles. The molecule has 0 aliphatic carbocycles. The third-order valence-electron chi connectivity index (χ3n) is 3.04. The predicted molar refractivity (Wildman–Crippen MR) is 76.4 cm³/mol. The van der Waals surface area contributed by atoms with Crippen molar-refractivity contribution in [2.24, 2.45) is 0 Å². The van der Waals surface area contributed by atoms with Gasteiger partial charge in [-0.3, -0.25) is 10.1 Å². The summed E-state index contributed by atoms with van der Waals surface area (Å²) in [4.78, 5) is 10.8. The van der Waals surface area contributed by atoms with Gasteiger partial charge >= 0.3 is 0 Å². The molecule has 0 radical (unpaired) electrons. The van der Waals surface area contributed by atoms with Crippen molar-refractivity contribution in [1.29, 1.82) is 5.26 Å². The van der Waals surface area contributed by atoms with E-state index < -0.39 is 4.92 Å². The van der Waals surface area contributed by atoms with E-state index in [9.17, 15) is 10.1 Å². The molecule has 0 bridgehead atoms. The van der Waals surface area contributed by atoms with Gasteiger partial charge < -0.3 is 9.47 Å². The molecule has 21 heavy (non-hydrogen) atoms. The molecule has 0 spiro atoms. The maximum Gasteiger partial charge on any atom is 0.281 e. The lowest BCUT2D eigenvalue weighted by Gasteiger charge is -2.11. The summed E-state index contributed by atoms with van der Waals surface area (Å²) in [6, 6.07) is 11.5. The number of hydrogen-bond acceptors (Lipinski definition) is 5. The van der Waals surface area contributed by atoms with Crippen LogP contribution in [0.25, 0.3) is 11.1 Å². The summed E-state index contributed by atoms with van der Waals surface area (Å²) in [6.07, 6.45) is 0. The van der Waals surface area contributed by atoms with Gasteiger partial charge in [0.15, 0.2) is 11.5 Å². The molecule has 0 aliphatic heterocycles. The van der Waals surface area contributed by atoms with Crippen LogP contribution in [0.5, 0.6) is 11.5 Å². The number of hydrogen-bond donors (Lipinski definition) is 0. The van der Waals surface area contributed by atoms with Gasteiger partial charge in [0.05, 0.1) is 42.4 Å². The molecular weight excluding hydrogens is 272 g/mol. The van der Waals surface area contributed by atoms with Crippen molar-refractivity contribution in [2.75, 3.05) is 14.2 Å². The number of ether oxygens (including phenoxy) is 2. The van der Waals surface area contributed by atoms with Crippen LogP contribution in [0, 0.1) is 21.4 Å². The molecule has 0 fully saturated rings. The van der Waals surface area contributed by atoms with Crippen molar-refractivity contribution < 1.29 is 14.4 Å². The van der Waals surface area contributed by atoms with E-state index in [1.54, 1.807) is 24.3 Å². The van der Waals surface area contributed by atoms with Gasteiger partial charge in [-0.05, 0) is 12.1 Å². The van der Waals surface area contributed by atoms with E-state index in [1.807, 2.05) is 6.07 Å². The summed E-state index contributed by atoms with van der Waals surface area (Å²) in [5.74, 6) is 0.633. The Morgan fingerprint density at radius 3 is 2.29 bits per heavy atom. The minimum absolute atomic E-state index is 0.143. The fourth-order valence-corrected chi connectivity index (χ4v) is 2.05. The number of nitro groups is 1. The van der Waals surface area contributed by atoms with Crippen molar-refractivity contribution in [1.82, 2.24) is 0 Å². The Bertz CT molecular complexity index is 735. The number of nitro benzene ring substituents is 1. The monoisotopic (exact) mass is 284 g/mol. The predicted octanol–water partition coefficient (Wildman–Crippen LogP) is 3.15. The third-order valence-corrected chi connectivity index (χ3v) is 3.04. The first-order valence-corrected chi connectivity index (χ1v) is 6.02. The van der Waals surface area contributed by atoms with Gasteiger partial charge in [-0.2, -0.15) is 5.26 Å². The van der Waals surface area contributed by atoms with Crippen molar-refractivity contribution in [2.45, 2.75) is 0 Å². The van der Waals surface area contributed by atoms with Crippen molar-refractivity contribution in [3.05, 3.63) is 52.1 Å². The molecule has 0 unspecified atom stereocenters. The maximum absolute atomic E-state index is 11.3. The van der Waals surface area contributed by atoms with Gasteiger partial charge in [0.1, 0.15) is 0 Å². The van der Waals surface area contributed by atoms with E-state index >= 15 is 0 Å². The number of nitrogens with zero attached hydrogens (tertiary/aromatic N) is 2. The first-order valence-electron chi connectivity index (χ1n) is 6.02. The number of rotatable bonds is 4. The molecule has 0 heterocycles. The smallest absolute Gasteiger partial charge is 0.281 e. The molecular formula is C15H12N2O4. The second kappa shape index (κ2) is 5.92. The molecule has 6 heteroatoms. The zero-order valence-electron chi connectivity index (χ0n) is 11.5. The summed E-state index contributed by atoms with van der Waals surface area (Å²) in [5.41, 5.74) is 1.01. The molecule has 0 aromatic heterocycles. The zero-order valence-corrected chi connectivity index (χ0v) is 11.5. The molecule has 0 aliphatic rings. The average molecular weight is 284 g/mol. The van der Waals surface area contributed by atoms with Crippen molar-refractivity contribution >= 4 is 5.69 Å². The normalized spacial score (nSPS) is 9.76. The van der Waals surface area contributed by atoms with Crippen LogP contribution in [-0.4, -0.2) is 19.1 Å². The van der Waals surface area contributed by atoms with Crippen LogP contribution in [-0.2, 0) is 0 Å². The Hall–Kier alpha value is -3.07. The minimum Gasteiger partial charge on any atom is -0.493 e. The fourth-order valence-electron chi connectivity index (χ4n) is 2.05. The minimum atomic E-state index is -0.508. The highest BCUT2D eigenvalue weighted by molar-refractivity contribution is 5.80. The van der Waals surface area contributed by atoms with Gasteiger partial charge in [0, 0.05) is 5.56 Å². The lowest BCUT2D eigenvalue weighted by molar-refractivity contribution is -0.384. The molecule has 0 atom stereocenters. The molecule has 2 aromatic rings. The highest BCUT2D eigenvalue weighted by Gasteiger charge is 2.22. The first-order chi connectivity index (χ1) is 10.1. The van der Waals surface area contributed by atoms with E-state index in [4.69, 9.17) is 14.7 Å². The Morgan fingerprint density at radius 2 is 1.71 bits per heavy atom. The standard InChI is InChI=1S/C15H12N2O4/c1-20-14-7-12(11-6-4-3-5-10(11)9-16)13(17(18)19)8-15(14)21-2/h3-8H,1-2H3. The fraction of sp³-hybridized carbons (Fsp3) is 0.133. The molecule has 0 N–H and O–H groups in total. The average Bonchev–Trinajstić information content (AvgIpc) is 2.53. The van der Waals surface area contributed by atoms with E-state index in [0.717, 1.165) is 0 Å². The van der Waals surface area contributed by atoms with Gasteiger partial charge in [-0.15, -0.1) is 0 Å². The zero-order chi connectivity index (χ0) is 15.4. The first kappa shape index (κ1) is 14.3. The van der Waals surface area contributed by atoms with Crippen LogP contribution in [0.1, 0.15) is 5.56 Å². The molecule has 0 saturated heterocycles. The van der Waals surface area contributed by atoms with Crippen LogP contribution in [0.15, 0.2) is 36.4 Å². The second-order valence-corrected chi connectivity index (χ2v) is 4.14. The molecule has 6 nitrogen and oxygen atoms in total. The summed E-state index contributed by atoms with van der Waals surface area (Å²) in [7, 11) is 2.86. The largest absolute Gasteiger partial charge is 0.493 e. The Kier molecular flexibility index (Phi) is 4.05. The SMILES string of the molecule is COc1cc(-c2ccccc2C#N)c([N+](=O)[O-])cc1OC. The van der Waals surface area contributed by atoms with Crippen LogP contribution in [0.3, 0.4) is 0 Å². The highest BCUT2D eigenvalue weighted by atomic mass is 16.6. The van der Waals surface area contributed by atoms with Crippen LogP contribution >= 0.6 is 0 Å². The number of methoxy groups -OCH3 is 2. The lowest BCUT2D eigenvalue weighted by atomic mass is 9.98. The Balaban J connectivity index is 2.78. The lowest BCUT2D eigenvalue weighted by Crippen LogP contribution is -1.98. The van der Waals surface area contributed by atoms with Crippen LogP contribution < -0.4 is 9.47 Å². The Morgan fingerprint density at radius 1 is 1.10 bits per heavy atom. The number of benzene rings is 2. The summed E-state index contributed by atoms with van der Waals surface area (Å²) < 4.78 is 10.3. The van der Waals surface area contributed by atoms with E-state index in [0.29, 0.717) is 22.4 Å². The molecule has 0 amide bonds. The molecule has 2 rings (SSSR count). The van der Waals surface area contributed by atoms with Crippen LogP contribution in [0.4, 0.5) is 5.69 Å². The Labute approximate surface area is 121 Å². The van der Waals surface area contributed by atoms with Gasteiger partial charge in [0.25, 0.3) is 5.69 Å². The summed E-state index contributed by atoms with van der Waals surface area (Å²) >= 11 is 0. The number of nitriles is 1. The van der Waals surface area contributed by atoms with Crippen molar-refractivity contribution in [3.63, 3.8) is 0 Å². The van der Waals surface area contributed by atoms with Crippen LogP contribution in [0.2, 0.25) is 0 Å². The summed E-state index contributed by atoms with van der Waals surface area (Å²) in [6.45, 7) is 0. The third kappa shape index (κ3) is 2.62. The maximum atomic E-state index is 11.3. The van der Waals surface area contributed by atoms with E-state index in [-0.39, 0.29) is 11.4 Å². The highest BCUT2D eigenvalue weighted by Crippen LogP contribution is 2.40. The second-order valence-electron chi connectivity index (χ2n) is 4.14. The van der Waals surface area contributed by atoms with E-state index in [1.165, 1.54) is 26.4 Å². The molecule has 106 valence electrons. The topological polar surface area (TPSA) is 85.4 Å². The van der Waals surface area contributed by atoms with Gasteiger partial charge in [-0.25, -0.2) is 0 Å². The van der Waals surface area contributed by atoms with Crippen molar-refractivity contribution in [3.8, 4) is 28.7 Å². The quantitative estimate of drug-likeness (QED) is 0.636. The van der Waals surface area contributed by atoms with Gasteiger partial charge in [-0.1, -0.05) is 18.2 Å². The van der Waals surface area contributed by atoms with Gasteiger partial charge in [0.2, 0.25) is 0 Å². The molecule has 2 aromatic carbocycles.